The number of carbonyl (C=O) groups excluding carboxylic acids is 3. The molecule has 0 saturated carbocycles. The minimum absolute atomic E-state index is 0.167. The second-order valence-electron chi connectivity index (χ2n) is 5.11. The van der Waals surface area contributed by atoms with Gasteiger partial charge in [0.05, 0.1) is 0 Å². The van der Waals surface area contributed by atoms with Gasteiger partial charge in [0.1, 0.15) is 6.04 Å². The van der Waals surface area contributed by atoms with Crippen LogP contribution in [0.4, 0.5) is 0 Å². The number of rotatable bonds is 1. The van der Waals surface area contributed by atoms with Crippen molar-refractivity contribution in [3.63, 3.8) is 0 Å². The molecule has 1 aromatic carbocycles. The number of carbonyl (C=O) groups is 3. The molecule has 5 heteroatoms. The molecule has 2 aliphatic heterocycles. The molecule has 1 atom stereocenters. The molecule has 1 aromatic rings. The van der Waals surface area contributed by atoms with Gasteiger partial charge in [-0.1, -0.05) is 25.8 Å². The molecular weight excluding hydrogens is 292 g/mol. The number of amides is 3. The summed E-state index contributed by atoms with van der Waals surface area (Å²) in [4.78, 5) is 37.2. The molecule has 23 heavy (non-hydrogen) atoms. The van der Waals surface area contributed by atoms with Crippen molar-refractivity contribution in [3.05, 3.63) is 34.9 Å². The fourth-order valence-electron chi connectivity index (χ4n) is 2.84. The Kier molecular flexibility index (Phi) is 5.17. The van der Waals surface area contributed by atoms with E-state index >= 15 is 0 Å². The Morgan fingerprint density at radius 3 is 2.61 bits per heavy atom. The van der Waals surface area contributed by atoms with E-state index in [4.69, 9.17) is 0 Å². The molecule has 5 nitrogen and oxygen atoms in total. The van der Waals surface area contributed by atoms with Crippen LogP contribution in [0.5, 0.6) is 0 Å². The number of fused-ring (bicyclic) bond motifs is 1. The van der Waals surface area contributed by atoms with E-state index in [1.165, 1.54) is 4.90 Å². The SMILES string of the molecule is CC.CC#Cc1cccc2c1CN(C1CCC(=O)NC1=O)C2=O. The van der Waals surface area contributed by atoms with E-state index in [1.807, 2.05) is 19.9 Å². The monoisotopic (exact) mass is 312 g/mol. The van der Waals surface area contributed by atoms with E-state index in [9.17, 15) is 14.4 Å². The molecule has 120 valence electrons. The molecule has 0 aromatic heterocycles. The lowest BCUT2D eigenvalue weighted by molar-refractivity contribution is -0.136. The second kappa shape index (κ2) is 7.10. The van der Waals surface area contributed by atoms with Gasteiger partial charge in [-0.15, -0.1) is 5.92 Å². The number of benzene rings is 1. The first-order valence-electron chi connectivity index (χ1n) is 7.81. The van der Waals surface area contributed by atoms with Crippen LogP contribution < -0.4 is 5.32 Å². The van der Waals surface area contributed by atoms with Crippen LogP contribution in [-0.4, -0.2) is 28.7 Å². The maximum Gasteiger partial charge on any atom is 0.255 e. The second-order valence-corrected chi connectivity index (χ2v) is 5.11. The van der Waals surface area contributed by atoms with E-state index in [2.05, 4.69) is 17.2 Å². The lowest BCUT2D eigenvalue weighted by Gasteiger charge is -2.29. The topological polar surface area (TPSA) is 66.5 Å². The highest BCUT2D eigenvalue weighted by molar-refractivity contribution is 6.05. The molecule has 0 spiro atoms. The van der Waals surface area contributed by atoms with Gasteiger partial charge in [-0.2, -0.15) is 0 Å². The average Bonchev–Trinajstić information content (AvgIpc) is 2.88. The van der Waals surface area contributed by atoms with Crippen molar-refractivity contribution in [2.75, 3.05) is 0 Å². The molecule has 0 aliphatic carbocycles. The van der Waals surface area contributed by atoms with Crippen molar-refractivity contribution in [2.24, 2.45) is 0 Å². The lowest BCUT2D eigenvalue weighted by atomic mass is 10.0. The molecule has 1 saturated heterocycles. The number of imide groups is 1. The first-order chi connectivity index (χ1) is 11.1. The lowest BCUT2D eigenvalue weighted by Crippen LogP contribution is -2.52. The van der Waals surface area contributed by atoms with Crippen LogP contribution in [0.2, 0.25) is 0 Å². The zero-order valence-corrected chi connectivity index (χ0v) is 13.6. The van der Waals surface area contributed by atoms with Gasteiger partial charge >= 0.3 is 0 Å². The summed E-state index contributed by atoms with van der Waals surface area (Å²) < 4.78 is 0. The number of nitrogens with zero attached hydrogens (tertiary/aromatic N) is 1. The smallest absolute Gasteiger partial charge is 0.255 e. The Labute approximate surface area is 136 Å². The van der Waals surface area contributed by atoms with Crippen molar-refractivity contribution in [3.8, 4) is 11.8 Å². The van der Waals surface area contributed by atoms with Gasteiger partial charge in [-0.25, -0.2) is 0 Å². The van der Waals surface area contributed by atoms with Crippen LogP contribution in [0.15, 0.2) is 18.2 Å². The van der Waals surface area contributed by atoms with Crippen LogP contribution >= 0.6 is 0 Å². The molecule has 1 N–H and O–H groups in total. The summed E-state index contributed by atoms with van der Waals surface area (Å²) in [5.41, 5.74) is 2.28. The Hall–Kier alpha value is -2.61. The summed E-state index contributed by atoms with van der Waals surface area (Å²) in [5.74, 6) is 4.98. The van der Waals surface area contributed by atoms with Crippen LogP contribution in [-0.2, 0) is 16.1 Å². The zero-order valence-electron chi connectivity index (χ0n) is 13.6. The highest BCUT2D eigenvalue weighted by atomic mass is 16.2. The number of hydrogen-bond acceptors (Lipinski definition) is 3. The molecular formula is C18H20N2O3. The summed E-state index contributed by atoms with van der Waals surface area (Å²) in [7, 11) is 0. The van der Waals surface area contributed by atoms with Crippen LogP contribution in [0.3, 0.4) is 0 Å². The maximum atomic E-state index is 12.5. The zero-order chi connectivity index (χ0) is 17.0. The number of nitrogens with one attached hydrogen (secondary N) is 1. The Balaban J connectivity index is 0.000000924. The van der Waals surface area contributed by atoms with E-state index in [-0.39, 0.29) is 18.2 Å². The predicted molar refractivity (Wildman–Crippen MR) is 86.4 cm³/mol. The van der Waals surface area contributed by atoms with E-state index in [1.54, 1.807) is 19.1 Å². The van der Waals surface area contributed by atoms with Crippen LogP contribution in [0.25, 0.3) is 0 Å². The molecule has 0 bridgehead atoms. The van der Waals surface area contributed by atoms with E-state index < -0.39 is 11.9 Å². The van der Waals surface area contributed by atoms with Gasteiger partial charge in [-0.05, 0) is 31.0 Å². The third-order valence-corrected chi connectivity index (χ3v) is 3.84. The Bertz CT molecular complexity index is 713. The van der Waals surface area contributed by atoms with Gasteiger partial charge in [0.25, 0.3) is 5.91 Å². The molecule has 1 unspecified atom stereocenters. The largest absolute Gasteiger partial charge is 0.322 e. The summed E-state index contributed by atoms with van der Waals surface area (Å²) >= 11 is 0. The van der Waals surface area contributed by atoms with Crippen molar-refractivity contribution in [1.29, 1.82) is 0 Å². The molecule has 1 fully saturated rings. The van der Waals surface area contributed by atoms with Crippen molar-refractivity contribution in [1.82, 2.24) is 10.2 Å². The van der Waals surface area contributed by atoms with Gasteiger partial charge in [0.15, 0.2) is 0 Å². The summed E-state index contributed by atoms with van der Waals surface area (Å²) in [6.45, 7) is 6.11. The quantitative estimate of drug-likeness (QED) is 0.635. The summed E-state index contributed by atoms with van der Waals surface area (Å²) in [6.07, 6.45) is 0.636. The van der Waals surface area contributed by atoms with Gasteiger partial charge in [0.2, 0.25) is 11.8 Å². The predicted octanol–water partition coefficient (Wildman–Crippen LogP) is 1.85. The fraction of sp³-hybridized carbons (Fsp3) is 0.389. The Morgan fingerprint density at radius 2 is 1.96 bits per heavy atom. The highest BCUT2D eigenvalue weighted by Crippen LogP contribution is 2.29. The average molecular weight is 312 g/mol. The molecule has 2 heterocycles. The first-order valence-corrected chi connectivity index (χ1v) is 7.81. The standard InChI is InChI=1S/C16H14N2O3.C2H6/c1-2-4-10-5-3-6-11-12(10)9-18(16(11)21)13-7-8-14(19)17-15(13)20;1-2/h3,5-6,13H,7-9H2,1H3,(H,17,19,20);1-2H3. The van der Waals surface area contributed by atoms with Crippen molar-refractivity contribution in [2.45, 2.75) is 46.2 Å². The molecule has 3 rings (SSSR count). The number of hydrogen-bond donors (Lipinski definition) is 1. The van der Waals surface area contributed by atoms with Crippen LogP contribution in [0, 0.1) is 11.8 Å². The third kappa shape index (κ3) is 3.11. The van der Waals surface area contributed by atoms with Gasteiger partial charge in [0, 0.05) is 24.1 Å². The van der Waals surface area contributed by atoms with E-state index in [0.29, 0.717) is 18.5 Å². The number of piperidine rings is 1. The first kappa shape index (κ1) is 16.8. The van der Waals surface area contributed by atoms with Gasteiger partial charge < -0.3 is 4.90 Å². The minimum atomic E-state index is -0.579. The summed E-state index contributed by atoms with van der Waals surface area (Å²) in [6, 6.07) is 4.84. The Morgan fingerprint density at radius 1 is 1.22 bits per heavy atom. The molecule has 3 amide bonds. The van der Waals surface area contributed by atoms with Crippen molar-refractivity contribution < 1.29 is 14.4 Å². The third-order valence-electron chi connectivity index (χ3n) is 3.84. The van der Waals surface area contributed by atoms with Gasteiger partial charge in [-0.3, -0.25) is 19.7 Å². The normalized spacial score (nSPS) is 19.2. The maximum absolute atomic E-state index is 12.5. The molecule has 2 aliphatic rings. The van der Waals surface area contributed by atoms with Crippen molar-refractivity contribution >= 4 is 17.7 Å². The molecule has 0 radical (unpaired) electrons. The van der Waals surface area contributed by atoms with E-state index in [0.717, 1.165) is 11.1 Å². The minimum Gasteiger partial charge on any atom is -0.322 e. The highest BCUT2D eigenvalue weighted by Gasteiger charge is 2.39. The van der Waals surface area contributed by atoms with Crippen LogP contribution in [0.1, 0.15) is 55.1 Å². The fourth-order valence-corrected chi connectivity index (χ4v) is 2.84. The summed E-state index contributed by atoms with van der Waals surface area (Å²) in [5, 5.41) is 2.29.